The van der Waals surface area contributed by atoms with Gasteiger partial charge in [0.25, 0.3) is 0 Å². The van der Waals surface area contributed by atoms with Crippen LogP contribution in [0.2, 0.25) is 0 Å². The number of nitrogens with one attached hydrogen (secondary N) is 1. The molecule has 0 aliphatic heterocycles. The third-order valence-electron chi connectivity index (χ3n) is 4.02. The summed E-state index contributed by atoms with van der Waals surface area (Å²) < 4.78 is 1.93. The Labute approximate surface area is 151 Å². The molecule has 0 bridgehead atoms. The maximum Gasteiger partial charge on any atom is 0.243 e. The van der Waals surface area contributed by atoms with Crippen LogP contribution in [0.1, 0.15) is 43.4 Å². The zero-order valence-electron chi connectivity index (χ0n) is 14.6. The Bertz CT molecular complexity index is 838. The molecular weight excluding hydrogens is 332 g/mol. The molecule has 3 aromatic rings. The predicted octanol–water partition coefficient (Wildman–Crippen LogP) is 4.01. The van der Waals surface area contributed by atoms with E-state index in [9.17, 15) is 4.79 Å². The second kappa shape index (κ2) is 7.61. The molecule has 2 heterocycles. The topological polar surface area (TPSA) is 59.8 Å². The molecule has 1 N–H and O–H groups in total. The maximum atomic E-state index is 12.5. The number of amides is 1. The highest BCUT2D eigenvalue weighted by Crippen LogP contribution is 2.25. The minimum Gasteiger partial charge on any atom is -0.349 e. The van der Waals surface area contributed by atoms with Gasteiger partial charge in [-0.3, -0.25) is 4.79 Å². The number of carbonyl (C=O) groups excluding carboxylic acids is 1. The summed E-state index contributed by atoms with van der Waals surface area (Å²) in [7, 11) is 0. The molecule has 5 nitrogen and oxygen atoms in total. The quantitative estimate of drug-likeness (QED) is 0.728. The van der Waals surface area contributed by atoms with Crippen LogP contribution in [0.25, 0.3) is 10.6 Å². The summed E-state index contributed by atoms with van der Waals surface area (Å²) in [6, 6.07) is 9.77. The van der Waals surface area contributed by atoms with Gasteiger partial charge in [0.2, 0.25) is 5.91 Å². The molecule has 1 aromatic carbocycles. The number of carbonyl (C=O) groups is 1. The molecule has 0 aliphatic carbocycles. The molecule has 2 aromatic heterocycles. The molecule has 130 valence electrons. The molecule has 0 saturated carbocycles. The maximum absolute atomic E-state index is 12.5. The lowest BCUT2D eigenvalue weighted by Gasteiger charge is -2.17. The van der Waals surface area contributed by atoms with Gasteiger partial charge in [-0.1, -0.05) is 44.2 Å². The van der Waals surface area contributed by atoms with Crippen LogP contribution >= 0.6 is 11.3 Å². The van der Waals surface area contributed by atoms with E-state index in [2.05, 4.69) is 29.1 Å². The second-order valence-electron chi connectivity index (χ2n) is 6.24. The summed E-state index contributed by atoms with van der Waals surface area (Å²) in [5.74, 6) is 1.18. The van der Waals surface area contributed by atoms with E-state index in [1.807, 2.05) is 54.2 Å². The lowest BCUT2D eigenvalue weighted by atomic mass is 10.2. The van der Waals surface area contributed by atoms with E-state index in [0.717, 1.165) is 21.3 Å². The van der Waals surface area contributed by atoms with Crippen LogP contribution in [0, 0.1) is 0 Å². The molecule has 0 radical (unpaired) electrons. The van der Waals surface area contributed by atoms with Gasteiger partial charge in [-0.15, -0.1) is 11.3 Å². The molecule has 0 saturated heterocycles. The van der Waals surface area contributed by atoms with Gasteiger partial charge >= 0.3 is 0 Å². The standard InChI is InChI=1S/C19H22N4OS/c1-13(2)17-20-9-10-23(17)14(3)18(24)21-11-16-12-22-19(25-16)15-7-5-4-6-8-15/h4-10,12-14H,11H2,1-3H3,(H,21,24)/t14-/m0/s1. The van der Waals surface area contributed by atoms with Crippen molar-refractivity contribution < 1.29 is 4.79 Å². The van der Waals surface area contributed by atoms with Crippen LogP contribution in [0.3, 0.4) is 0 Å². The van der Waals surface area contributed by atoms with Gasteiger partial charge in [-0.05, 0) is 6.92 Å². The molecule has 25 heavy (non-hydrogen) atoms. The smallest absolute Gasteiger partial charge is 0.243 e. The zero-order valence-corrected chi connectivity index (χ0v) is 15.5. The summed E-state index contributed by atoms with van der Waals surface area (Å²) in [5, 5.41) is 3.97. The number of imidazole rings is 1. The van der Waals surface area contributed by atoms with Crippen LogP contribution in [0.4, 0.5) is 0 Å². The van der Waals surface area contributed by atoms with E-state index in [1.54, 1.807) is 17.5 Å². The van der Waals surface area contributed by atoms with E-state index in [4.69, 9.17) is 0 Å². The minimum atomic E-state index is -0.290. The van der Waals surface area contributed by atoms with E-state index >= 15 is 0 Å². The number of nitrogens with zero attached hydrogens (tertiary/aromatic N) is 3. The van der Waals surface area contributed by atoms with Gasteiger partial charge in [-0.25, -0.2) is 9.97 Å². The number of hydrogen-bond acceptors (Lipinski definition) is 4. The van der Waals surface area contributed by atoms with Gasteiger partial charge in [0.1, 0.15) is 16.9 Å². The Morgan fingerprint density at radius 3 is 2.68 bits per heavy atom. The van der Waals surface area contributed by atoms with Gasteiger partial charge < -0.3 is 9.88 Å². The van der Waals surface area contributed by atoms with Gasteiger partial charge in [0.05, 0.1) is 6.54 Å². The molecule has 0 aliphatic rings. The normalized spacial score (nSPS) is 12.3. The minimum absolute atomic E-state index is 0.0189. The number of hydrogen-bond donors (Lipinski definition) is 1. The Kier molecular flexibility index (Phi) is 5.28. The molecule has 3 rings (SSSR count). The average Bonchev–Trinajstić information content (AvgIpc) is 3.29. The van der Waals surface area contributed by atoms with Crippen molar-refractivity contribution in [3.8, 4) is 10.6 Å². The summed E-state index contributed by atoms with van der Waals surface area (Å²) in [6.07, 6.45) is 5.43. The van der Waals surface area contributed by atoms with Crippen molar-refractivity contribution in [1.82, 2.24) is 19.9 Å². The summed E-state index contributed by atoms with van der Waals surface area (Å²) >= 11 is 1.60. The molecule has 6 heteroatoms. The Morgan fingerprint density at radius 2 is 1.96 bits per heavy atom. The van der Waals surface area contributed by atoms with Crippen LogP contribution in [0.15, 0.2) is 48.9 Å². The highest BCUT2D eigenvalue weighted by molar-refractivity contribution is 7.15. The van der Waals surface area contributed by atoms with Crippen molar-refractivity contribution in [1.29, 1.82) is 0 Å². The van der Waals surface area contributed by atoms with Gasteiger partial charge in [0.15, 0.2) is 0 Å². The molecule has 0 fully saturated rings. The number of rotatable bonds is 6. The van der Waals surface area contributed by atoms with Crippen LogP contribution in [-0.2, 0) is 11.3 Å². The molecule has 1 atom stereocenters. The third-order valence-corrected chi connectivity index (χ3v) is 5.07. The lowest BCUT2D eigenvalue weighted by molar-refractivity contribution is -0.124. The second-order valence-corrected chi connectivity index (χ2v) is 7.35. The molecule has 0 spiro atoms. The van der Waals surface area contributed by atoms with E-state index in [-0.39, 0.29) is 17.9 Å². The zero-order chi connectivity index (χ0) is 17.8. The summed E-state index contributed by atoms with van der Waals surface area (Å²) in [4.78, 5) is 22.3. The Morgan fingerprint density at radius 1 is 1.20 bits per heavy atom. The van der Waals surface area contributed by atoms with Crippen molar-refractivity contribution in [2.24, 2.45) is 0 Å². The third kappa shape index (κ3) is 3.96. The van der Waals surface area contributed by atoms with E-state index < -0.39 is 0 Å². The molecular formula is C19H22N4OS. The first kappa shape index (κ1) is 17.4. The highest BCUT2D eigenvalue weighted by atomic mass is 32.1. The van der Waals surface area contributed by atoms with Crippen LogP contribution < -0.4 is 5.32 Å². The van der Waals surface area contributed by atoms with Crippen molar-refractivity contribution in [2.75, 3.05) is 0 Å². The van der Waals surface area contributed by atoms with Crippen LogP contribution in [-0.4, -0.2) is 20.4 Å². The van der Waals surface area contributed by atoms with Crippen molar-refractivity contribution in [3.05, 3.63) is 59.6 Å². The number of benzene rings is 1. The summed E-state index contributed by atoms with van der Waals surface area (Å²) in [6.45, 7) is 6.53. The number of thiazole rings is 1. The Balaban J connectivity index is 1.63. The van der Waals surface area contributed by atoms with Crippen LogP contribution in [0.5, 0.6) is 0 Å². The predicted molar refractivity (Wildman–Crippen MR) is 100 cm³/mol. The average molecular weight is 354 g/mol. The first-order valence-corrected chi connectivity index (χ1v) is 9.18. The SMILES string of the molecule is CC(C)c1nccn1[C@@H](C)C(=O)NCc1cnc(-c2ccccc2)s1. The summed E-state index contributed by atoms with van der Waals surface area (Å²) in [5.41, 5.74) is 1.10. The van der Waals surface area contributed by atoms with E-state index in [1.165, 1.54) is 0 Å². The largest absolute Gasteiger partial charge is 0.349 e. The van der Waals surface area contributed by atoms with Gasteiger partial charge in [-0.2, -0.15) is 0 Å². The molecule has 0 unspecified atom stereocenters. The van der Waals surface area contributed by atoms with E-state index in [0.29, 0.717) is 6.54 Å². The fraction of sp³-hybridized carbons (Fsp3) is 0.316. The molecule has 1 amide bonds. The first-order chi connectivity index (χ1) is 12.1. The van der Waals surface area contributed by atoms with Gasteiger partial charge in [0, 0.05) is 34.9 Å². The van der Waals surface area contributed by atoms with Crippen molar-refractivity contribution in [3.63, 3.8) is 0 Å². The fourth-order valence-corrected chi connectivity index (χ4v) is 3.51. The Hall–Kier alpha value is -2.47. The first-order valence-electron chi connectivity index (χ1n) is 8.37. The van der Waals surface area contributed by atoms with Crippen molar-refractivity contribution in [2.45, 2.75) is 39.3 Å². The number of aromatic nitrogens is 3. The van der Waals surface area contributed by atoms with Crippen molar-refractivity contribution >= 4 is 17.2 Å². The lowest BCUT2D eigenvalue weighted by Crippen LogP contribution is -2.31. The fourth-order valence-electron chi connectivity index (χ4n) is 2.65. The monoisotopic (exact) mass is 354 g/mol. The highest BCUT2D eigenvalue weighted by Gasteiger charge is 2.19.